The maximum atomic E-state index is 5.48. The lowest BCUT2D eigenvalue weighted by molar-refractivity contribution is 0.0628. The van der Waals surface area contributed by atoms with E-state index >= 15 is 0 Å². The first-order valence-electron chi connectivity index (χ1n) is 6.89. The van der Waals surface area contributed by atoms with Crippen LogP contribution in [0.1, 0.15) is 26.2 Å². The molecule has 0 radical (unpaired) electrons. The van der Waals surface area contributed by atoms with Crippen molar-refractivity contribution < 1.29 is 4.74 Å². The SMILES string of the molecule is CC(NC1CN2CCC1CC2)C1CCOC1. The predicted octanol–water partition coefficient (Wildman–Crippen LogP) is 1.10. The number of fused-ring (bicyclic) bond motifs is 3. The Hall–Kier alpha value is -0.120. The van der Waals surface area contributed by atoms with Crippen LogP contribution in [-0.4, -0.2) is 49.8 Å². The molecule has 3 unspecified atom stereocenters. The van der Waals surface area contributed by atoms with Crippen molar-refractivity contribution >= 4 is 0 Å². The topological polar surface area (TPSA) is 24.5 Å². The zero-order valence-corrected chi connectivity index (χ0v) is 10.3. The number of rotatable bonds is 3. The van der Waals surface area contributed by atoms with Gasteiger partial charge in [0.2, 0.25) is 0 Å². The Morgan fingerprint density at radius 3 is 2.62 bits per heavy atom. The fourth-order valence-corrected chi connectivity index (χ4v) is 3.57. The summed E-state index contributed by atoms with van der Waals surface area (Å²) in [6, 6.07) is 1.38. The molecular formula is C13H24N2O. The van der Waals surface area contributed by atoms with Crippen molar-refractivity contribution in [3.05, 3.63) is 0 Å². The van der Waals surface area contributed by atoms with Crippen LogP contribution in [0.15, 0.2) is 0 Å². The number of piperidine rings is 3. The normalized spacial score (nSPS) is 44.8. The Bertz CT molecular complexity index is 232. The lowest BCUT2D eigenvalue weighted by atomic mass is 9.83. The molecule has 0 aromatic heterocycles. The molecule has 0 spiro atoms. The van der Waals surface area contributed by atoms with E-state index in [0.29, 0.717) is 6.04 Å². The summed E-state index contributed by atoms with van der Waals surface area (Å²) in [5.74, 6) is 1.69. The van der Waals surface area contributed by atoms with Gasteiger partial charge < -0.3 is 15.0 Å². The summed E-state index contributed by atoms with van der Waals surface area (Å²) in [6.07, 6.45) is 4.06. The minimum Gasteiger partial charge on any atom is -0.381 e. The Kier molecular flexibility index (Phi) is 3.18. The van der Waals surface area contributed by atoms with Crippen molar-refractivity contribution in [1.82, 2.24) is 10.2 Å². The van der Waals surface area contributed by atoms with E-state index < -0.39 is 0 Å². The summed E-state index contributed by atoms with van der Waals surface area (Å²) in [5, 5.41) is 3.87. The van der Waals surface area contributed by atoms with Crippen LogP contribution in [-0.2, 0) is 4.74 Å². The molecule has 0 aromatic rings. The molecule has 4 fully saturated rings. The number of nitrogens with zero attached hydrogens (tertiary/aromatic N) is 1. The Morgan fingerprint density at radius 2 is 2.06 bits per heavy atom. The second-order valence-electron chi connectivity index (χ2n) is 5.82. The average molecular weight is 224 g/mol. The molecule has 0 saturated carbocycles. The van der Waals surface area contributed by atoms with Crippen LogP contribution < -0.4 is 5.32 Å². The molecule has 4 aliphatic rings. The van der Waals surface area contributed by atoms with Gasteiger partial charge in [0.15, 0.2) is 0 Å². The monoisotopic (exact) mass is 224 g/mol. The molecule has 4 heterocycles. The molecule has 3 heteroatoms. The summed E-state index contributed by atoms with van der Waals surface area (Å²) in [7, 11) is 0. The largest absolute Gasteiger partial charge is 0.381 e. The summed E-state index contributed by atoms with van der Waals surface area (Å²) in [4.78, 5) is 2.62. The molecule has 4 saturated heterocycles. The minimum absolute atomic E-state index is 0.632. The van der Waals surface area contributed by atoms with Crippen molar-refractivity contribution in [2.75, 3.05) is 32.8 Å². The van der Waals surface area contributed by atoms with Crippen LogP contribution >= 0.6 is 0 Å². The van der Waals surface area contributed by atoms with Gasteiger partial charge in [-0.05, 0) is 51.1 Å². The van der Waals surface area contributed by atoms with Crippen LogP contribution in [0.3, 0.4) is 0 Å². The Balaban J connectivity index is 1.53. The summed E-state index contributed by atoms with van der Waals surface area (Å²) in [5.41, 5.74) is 0. The molecule has 4 rings (SSSR count). The van der Waals surface area contributed by atoms with Gasteiger partial charge in [0.1, 0.15) is 0 Å². The van der Waals surface area contributed by atoms with Gasteiger partial charge in [-0.3, -0.25) is 0 Å². The number of hydrogen-bond donors (Lipinski definition) is 1. The van der Waals surface area contributed by atoms with E-state index in [-0.39, 0.29) is 0 Å². The highest BCUT2D eigenvalue weighted by atomic mass is 16.5. The van der Waals surface area contributed by atoms with Gasteiger partial charge in [-0.25, -0.2) is 0 Å². The van der Waals surface area contributed by atoms with Gasteiger partial charge in [0, 0.05) is 25.2 Å². The van der Waals surface area contributed by atoms with Gasteiger partial charge >= 0.3 is 0 Å². The second-order valence-corrected chi connectivity index (χ2v) is 5.82. The maximum absolute atomic E-state index is 5.48. The first kappa shape index (κ1) is 11.0. The van der Waals surface area contributed by atoms with Gasteiger partial charge in [0.05, 0.1) is 6.61 Å². The molecule has 0 amide bonds. The molecule has 0 aliphatic carbocycles. The van der Waals surface area contributed by atoms with Crippen molar-refractivity contribution in [3.63, 3.8) is 0 Å². The minimum atomic E-state index is 0.632. The summed E-state index contributed by atoms with van der Waals surface area (Å²) < 4.78 is 5.48. The van der Waals surface area contributed by atoms with Crippen LogP contribution in [0.25, 0.3) is 0 Å². The zero-order valence-electron chi connectivity index (χ0n) is 10.3. The van der Waals surface area contributed by atoms with E-state index in [1.165, 1.54) is 38.9 Å². The molecule has 3 atom stereocenters. The first-order chi connectivity index (χ1) is 7.83. The van der Waals surface area contributed by atoms with Crippen molar-refractivity contribution in [3.8, 4) is 0 Å². The molecule has 2 bridgehead atoms. The molecule has 4 aliphatic heterocycles. The van der Waals surface area contributed by atoms with E-state index in [0.717, 1.165) is 31.1 Å². The van der Waals surface area contributed by atoms with Crippen molar-refractivity contribution in [1.29, 1.82) is 0 Å². The summed E-state index contributed by atoms with van der Waals surface area (Å²) >= 11 is 0. The van der Waals surface area contributed by atoms with E-state index in [9.17, 15) is 0 Å². The van der Waals surface area contributed by atoms with Crippen molar-refractivity contribution in [2.45, 2.75) is 38.3 Å². The van der Waals surface area contributed by atoms with Crippen LogP contribution in [0.4, 0.5) is 0 Å². The molecule has 16 heavy (non-hydrogen) atoms. The first-order valence-corrected chi connectivity index (χ1v) is 6.89. The van der Waals surface area contributed by atoms with Crippen LogP contribution in [0, 0.1) is 11.8 Å². The maximum Gasteiger partial charge on any atom is 0.0509 e. The Morgan fingerprint density at radius 1 is 1.25 bits per heavy atom. The van der Waals surface area contributed by atoms with Crippen LogP contribution in [0.5, 0.6) is 0 Å². The van der Waals surface area contributed by atoms with E-state index in [2.05, 4.69) is 17.1 Å². The molecule has 92 valence electrons. The fourth-order valence-electron chi connectivity index (χ4n) is 3.57. The van der Waals surface area contributed by atoms with Crippen LogP contribution in [0.2, 0.25) is 0 Å². The molecule has 1 N–H and O–H groups in total. The highest BCUT2D eigenvalue weighted by molar-refractivity contribution is 4.93. The average Bonchev–Trinajstić information content (AvgIpc) is 2.84. The van der Waals surface area contributed by atoms with Crippen molar-refractivity contribution in [2.24, 2.45) is 11.8 Å². The zero-order chi connectivity index (χ0) is 11.0. The quantitative estimate of drug-likeness (QED) is 0.777. The second kappa shape index (κ2) is 4.63. The van der Waals surface area contributed by atoms with Gasteiger partial charge in [-0.1, -0.05) is 0 Å². The number of hydrogen-bond acceptors (Lipinski definition) is 3. The van der Waals surface area contributed by atoms with Gasteiger partial charge in [-0.2, -0.15) is 0 Å². The highest BCUT2D eigenvalue weighted by Gasteiger charge is 2.35. The lowest BCUT2D eigenvalue weighted by Crippen LogP contribution is -2.58. The van der Waals surface area contributed by atoms with Gasteiger partial charge in [0.25, 0.3) is 0 Å². The van der Waals surface area contributed by atoms with E-state index in [1.807, 2.05) is 0 Å². The van der Waals surface area contributed by atoms with Gasteiger partial charge in [-0.15, -0.1) is 0 Å². The number of nitrogens with one attached hydrogen (secondary N) is 1. The standard InChI is InChI=1S/C13H24N2O/c1-10(12-4-7-16-9-12)14-13-8-15-5-2-11(13)3-6-15/h10-14H,2-9H2,1H3. The third-order valence-corrected chi connectivity index (χ3v) is 4.81. The third-order valence-electron chi connectivity index (χ3n) is 4.81. The Labute approximate surface area is 98.5 Å². The summed E-state index contributed by atoms with van der Waals surface area (Å²) in [6.45, 7) is 8.24. The third kappa shape index (κ3) is 2.13. The van der Waals surface area contributed by atoms with E-state index in [4.69, 9.17) is 4.74 Å². The molecular weight excluding hydrogens is 200 g/mol. The molecule has 3 nitrogen and oxygen atoms in total. The smallest absolute Gasteiger partial charge is 0.0509 e. The fraction of sp³-hybridized carbons (Fsp3) is 1.00. The highest BCUT2D eigenvalue weighted by Crippen LogP contribution is 2.28. The number of ether oxygens (including phenoxy) is 1. The molecule has 0 aromatic carbocycles. The van der Waals surface area contributed by atoms with E-state index in [1.54, 1.807) is 0 Å². The lowest BCUT2D eigenvalue weighted by Gasteiger charge is -2.46. The predicted molar refractivity (Wildman–Crippen MR) is 64.5 cm³/mol.